The molecule has 3 aromatic rings. The average Bonchev–Trinajstić information content (AvgIpc) is 2.97. The second-order valence-corrected chi connectivity index (χ2v) is 5.99. The van der Waals surface area contributed by atoms with Crippen LogP contribution in [-0.2, 0) is 19.6 Å². The van der Waals surface area contributed by atoms with Crippen LogP contribution in [0, 0.1) is 13.8 Å². The second kappa shape index (κ2) is 8.44. The molecule has 0 bridgehead atoms. The predicted molar refractivity (Wildman–Crippen MR) is 96.4 cm³/mol. The molecule has 0 saturated carbocycles. The van der Waals surface area contributed by atoms with E-state index in [2.05, 4.69) is 21.5 Å². The van der Waals surface area contributed by atoms with Crippen LogP contribution in [0.3, 0.4) is 0 Å². The smallest absolute Gasteiger partial charge is 0.137 e. The molecular formula is C20H23N3O2. The summed E-state index contributed by atoms with van der Waals surface area (Å²) in [5.41, 5.74) is 4.36. The normalized spacial score (nSPS) is 10.8. The first-order valence-electron chi connectivity index (χ1n) is 8.46. The molecule has 5 heteroatoms. The van der Waals surface area contributed by atoms with Crippen molar-refractivity contribution in [2.24, 2.45) is 0 Å². The zero-order chi connectivity index (χ0) is 17.5. The SMILES string of the molecule is Cc1noc(C)c1CCNCc1ccccc1OCc1cccnc1. The fourth-order valence-electron chi connectivity index (χ4n) is 2.73. The van der Waals surface area contributed by atoms with Gasteiger partial charge in [-0.25, -0.2) is 0 Å². The van der Waals surface area contributed by atoms with Crippen molar-refractivity contribution in [3.05, 3.63) is 76.9 Å². The standard InChI is InChI=1S/C20H23N3O2/c1-15-19(16(2)25-23-15)9-11-22-13-18-7-3-4-8-20(18)24-14-17-6-5-10-21-12-17/h3-8,10,12,22H,9,11,13-14H2,1-2H3. The molecule has 0 amide bonds. The number of nitrogens with one attached hydrogen (secondary N) is 1. The Morgan fingerprint density at radius 3 is 2.76 bits per heavy atom. The molecule has 1 aromatic carbocycles. The van der Waals surface area contributed by atoms with Gasteiger partial charge >= 0.3 is 0 Å². The number of pyridine rings is 1. The summed E-state index contributed by atoms with van der Waals surface area (Å²) < 4.78 is 11.2. The van der Waals surface area contributed by atoms with Gasteiger partial charge < -0.3 is 14.6 Å². The maximum atomic E-state index is 5.96. The molecule has 0 aliphatic rings. The third-order valence-corrected chi connectivity index (χ3v) is 4.14. The molecule has 0 aliphatic carbocycles. The number of hydrogen-bond donors (Lipinski definition) is 1. The van der Waals surface area contributed by atoms with Gasteiger partial charge in [0.05, 0.1) is 5.69 Å². The molecular weight excluding hydrogens is 314 g/mol. The van der Waals surface area contributed by atoms with Gasteiger partial charge in [0.2, 0.25) is 0 Å². The zero-order valence-corrected chi connectivity index (χ0v) is 14.7. The van der Waals surface area contributed by atoms with Crippen molar-refractivity contribution in [1.29, 1.82) is 0 Å². The Morgan fingerprint density at radius 2 is 2.00 bits per heavy atom. The number of ether oxygens (including phenoxy) is 1. The second-order valence-electron chi connectivity index (χ2n) is 5.99. The Bertz CT molecular complexity index is 780. The minimum atomic E-state index is 0.518. The summed E-state index contributed by atoms with van der Waals surface area (Å²) in [7, 11) is 0. The molecule has 25 heavy (non-hydrogen) atoms. The van der Waals surface area contributed by atoms with E-state index in [-0.39, 0.29) is 0 Å². The van der Waals surface area contributed by atoms with Gasteiger partial charge in [-0.1, -0.05) is 29.4 Å². The molecule has 3 rings (SSSR count). The Balaban J connectivity index is 1.52. The lowest BCUT2D eigenvalue weighted by Gasteiger charge is -2.12. The molecule has 5 nitrogen and oxygen atoms in total. The first-order chi connectivity index (χ1) is 12.2. The lowest BCUT2D eigenvalue weighted by Crippen LogP contribution is -2.17. The molecule has 0 aliphatic heterocycles. The number of aromatic nitrogens is 2. The van der Waals surface area contributed by atoms with E-state index >= 15 is 0 Å². The van der Waals surface area contributed by atoms with Crippen LogP contribution in [0.2, 0.25) is 0 Å². The molecule has 2 aromatic heterocycles. The van der Waals surface area contributed by atoms with Gasteiger partial charge in [-0.05, 0) is 38.9 Å². The van der Waals surface area contributed by atoms with Gasteiger partial charge in [0.25, 0.3) is 0 Å². The van der Waals surface area contributed by atoms with E-state index in [0.29, 0.717) is 6.61 Å². The number of para-hydroxylation sites is 1. The number of benzene rings is 1. The average molecular weight is 337 g/mol. The van der Waals surface area contributed by atoms with Crippen molar-refractivity contribution in [3.8, 4) is 5.75 Å². The van der Waals surface area contributed by atoms with E-state index in [1.54, 1.807) is 6.20 Å². The number of nitrogens with zero attached hydrogens (tertiary/aromatic N) is 2. The fourth-order valence-corrected chi connectivity index (χ4v) is 2.73. The molecule has 0 fully saturated rings. The number of rotatable bonds is 8. The van der Waals surface area contributed by atoms with E-state index in [4.69, 9.17) is 9.26 Å². The van der Waals surface area contributed by atoms with Crippen molar-refractivity contribution < 1.29 is 9.26 Å². The summed E-state index contributed by atoms with van der Waals surface area (Å²) in [6.45, 7) is 6.07. The van der Waals surface area contributed by atoms with Gasteiger partial charge in [-0.15, -0.1) is 0 Å². The summed E-state index contributed by atoms with van der Waals surface area (Å²) in [5.74, 6) is 1.80. The Kier molecular flexibility index (Phi) is 5.80. The van der Waals surface area contributed by atoms with Crippen LogP contribution in [0.5, 0.6) is 5.75 Å². The summed E-state index contributed by atoms with van der Waals surface area (Å²) in [6.07, 6.45) is 4.49. The van der Waals surface area contributed by atoms with Crippen LogP contribution in [0.1, 0.15) is 28.1 Å². The highest BCUT2D eigenvalue weighted by atomic mass is 16.5. The fraction of sp³-hybridized carbons (Fsp3) is 0.300. The maximum absolute atomic E-state index is 5.96. The van der Waals surface area contributed by atoms with Crippen LogP contribution >= 0.6 is 0 Å². The minimum absolute atomic E-state index is 0.518. The highest BCUT2D eigenvalue weighted by molar-refractivity contribution is 5.33. The zero-order valence-electron chi connectivity index (χ0n) is 14.7. The minimum Gasteiger partial charge on any atom is -0.489 e. The monoisotopic (exact) mass is 337 g/mol. The summed E-state index contributed by atoms with van der Waals surface area (Å²) in [4.78, 5) is 4.11. The maximum Gasteiger partial charge on any atom is 0.137 e. The molecule has 0 atom stereocenters. The van der Waals surface area contributed by atoms with Gasteiger partial charge in [0.1, 0.15) is 18.1 Å². The van der Waals surface area contributed by atoms with Crippen molar-refractivity contribution in [3.63, 3.8) is 0 Å². The van der Waals surface area contributed by atoms with Crippen LogP contribution in [0.25, 0.3) is 0 Å². The summed E-state index contributed by atoms with van der Waals surface area (Å²) >= 11 is 0. The van der Waals surface area contributed by atoms with Crippen LogP contribution in [-0.4, -0.2) is 16.7 Å². The summed E-state index contributed by atoms with van der Waals surface area (Å²) in [6, 6.07) is 12.0. The Hall–Kier alpha value is -2.66. The highest BCUT2D eigenvalue weighted by Gasteiger charge is 2.08. The van der Waals surface area contributed by atoms with Gasteiger partial charge in [0, 0.05) is 35.6 Å². The molecule has 0 saturated heterocycles. The van der Waals surface area contributed by atoms with Crippen molar-refractivity contribution in [2.75, 3.05) is 6.54 Å². The van der Waals surface area contributed by atoms with Crippen LogP contribution < -0.4 is 10.1 Å². The van der Waals surface area contributed by atoms with Crippen LogP contribution in [0.15, 0.2) is 53.3 Å². The van der Waals surface area contributed by atoms with E-state index < -0.39 is 0 Å². The largest absolute Gasteiger partial charge is 0.489 e. The van der Waals surface area contributed by atoms with Gasteiger partial charge in [-0.3, -0.25) is 4.98 Å². The lowest BCUT2D eigenvalue weighted by atomic mass is 10.1. The molecule has 1 N–H and O–H groups in total. The quantitative estimate of drug-likeness (QED) is 0.637. The van der Waals surface area contributed by atoms with Crippen LogP contribution in [0.4, 0.5) is 0 Å². The third-order valence-electron chi connectivity index (χ3n) is 4.14. The molecule has 0 radical (unpaired) electrons. The molecule has 2 heterocycles. The number of hydrogen-bond acceptors (Lipinski definition) is 5. The van der Waals surface area contributed by atoms with Crippen molar-refractivity contribution in [2.45, 2.75) is 33.4 Å². The molecule has 130 valence electrons. The van der Waals surface area contributed by atoms with Gasteiger partial charge in [0.15, 0.2) is 0 Å². The van der Waals surface area contributed by atoms with E-state index in [1.807, 2.05) is 50.4 Å². The highest BCUT2D eigenvalue weighted by Crippen LogP contribution is 2.19. The predicted octanol–water partition coefficient (Wildman–Crippen LogP) is 3.60. The number of aryl methyl sites for hydroxylation is 2. The topological polar surface area (TPSA) is 60.2 Å². The first kappa shape index (κ1) is 17.2. The van der Waals surface area contributed by atoms with Crippen molar-refractivity contribution >= 4 is 0 Å². The molecule has 0 spiro atoms. The third kappa shape index (κ3) is 4.67. The van der Waals surface area contributed by atoms with E-state index in [1.165, 1.54) is 5.56 Å². The lowest BCUT2D eigenvalue weighted by molar-refractivity contribution is 0.301. The first-order valence-corrected chi connectivity index (χ1v) is 8.46. The Labute approximate surface area is 148 Å². The summed E-state index contributed by atoms with van der Waals surface area (Å²) in [5, 5.41) is 7.46. The van der Waals surface area contributed by atoms with Crippen molar-refractivity contribution in [1.82, 2.24) is 15.5 Å². The van der Waals surface area contributed by atoms with Gasteiger partial charge in [-0.2, -0.15) is 0 Å². The Morgan fingerprint density at radius 1 is 1.12 bits per heavy atom. The molecule has 0 unspecified atom stereocenters. The van der Waals surface area contributed by atoms with E-state index in [0.717, 1.165) is 47.8 Å². The van der Waals surface area contributed by atoms with E-state index in [9.17, 15) is 0 Å².